The Balaban J connectivity index is 1.76. The Kier molecular flexibility index (Phi) is 6.22. The average molecular weight is 396 g/mol. The van der Waals surface area contributed by atoms with Gasteiger partial charge in [-0.3, -0.25) is 4.79 Å². The van der Waals surface area contributed by atoms with Crippen LogP contribution in [0.15, 0.2) is 48.0 Å². The molecule has 6 heteroatoms. The van der Waals surface area contributed by atoms with Crippen LogP contribution in [0.1, 0.15) is 42.3 Å². The highest BCUT2D eigenvalue weighted by Crippen LogP contribution is 2.33. The molecule has 0 bridgehead atoms. The number of phenols is 1. The van der Waals surface area contributed by atoms with Crippen molar-refractivity contribution in [2.45, 2.75) is 39.7 Å². The van der Waals surface area contributed by atoms with Crippen molar-refractivity contribution >= 4 is 11.9 Å². The first-order chi connectivity index (χ1) is 13.8. The van der Waals surface area contributed by atoms with E-state index in [9.17, 15) is 14.7 Å². The summed E-state index contributed by atoms with van der Waals surface area (Å²) >= 11 is 0. The summed E-state index contributed by atoms with van der Waals surface area (Å²) in [6, 6.07) is 9.91. The average Bonchev–Trinajstić information content (AvgIpc) is 2.67. The van der Waals surface area contributed by atoms with Crippen LogP contribution in [0, 0.1) is 0 Å². The maximum Gasteiger partial charge on any atom is 0.338 e. The molecular weight excluding hydrogens is 372 g/mol. The van der Waals surface area contributed by atoms with E-state index in [1.54, 1.807) is 36.4 Å². The number of rotatable bonds is 5. The second-order valence-corrected chi connectivity index (χ2v) is 7.20. The molecule has 1 unspecified atom stereocenters. The van der Waals surface area contributed by atoms with E-state index in [4.69, 9.17) is 14.2 Å². The monoisotopic (exact) mass is 396 g/mol. The molecule has 3 rings (SSSR count). The third-order valence-electron chi connectivity index (χ3n) is 4.52. The van der Waals surface area contributed by atoms with Crippen LogP contribution in [-0.2, 0) is 22.4 Å². The highest BCUT2D eigenvalue weighted by Gasteiger charge is 2.26. The summed E-state index contributed by atoms with van der Waals surface area (Å²) < 4.78 is 16.4. The maximum atomic E-state index is 12.7. The first kappa shape index (κ1) is 20.5. The fourth-order valence-corrected chi connectivity index (χ4v) is 3.09. The molecule has 0 saturated heterocycles. The Morgan fingerprint density at radius 1 is 1.21 bits per heavy atom. The van der Waals surface area contributed by atoms with Gasteiger partial charge in [-0.25, -0.2) is 4.79 Å². The normalized spacial score (nSPS) is 14.9. The van der Waals surface area contributed by atoms with Gasteiger partial charge >= 0.3 is 11.9 Å². The first-order valence-corrected chi connectivity index (χ1v) is 9.43. The van der Waals surface area contributed by atoms with Crippen LogP contribution in [-0.4, -0.2) is 29.8 Å². The smallest absolute Gasteiger partial charge is 0.338 e. The quantitative estimate of drug-likeness (QED) is 0.468. The summed E-state index contributed by atoms with van der Waals surface area (Å²) in [7, 11) is 0. The largest absolute Gasteiger partial charge is 0.508 e. The number of hydrogen-bond acceptors (Lipinski definition) is 6. The molecule has 2 aromatic rings. The Hall–Kier alpha value is -3.28. The molecule has 0 fully saturated rings. The van der Waals surface area contributed by atoms with Crippen molar-refractivity contribution < 1.29 is 28.9 Å². The van der Waals surface area contributed by atoms with Crippen molar-refractivity contribution in [3.8, 4) is 17.2 Å². The number of hydrogen-bond donors (Lipinski definition) is 1. The number of aromatic hydroxyl groups is 1. The van der Waals surface area contributed by atoms with Crippen molar-refractivity contribution in [2.75, 3.05) is 6.61 Å². The van der Waals surface area contributed by atoms with Crippen molar-refractivity contribution in [3.05, 3.63) is 64.7 Å². The number of phenolic OH excluding ortho intramolecular Hbond substituents is 1. The zero-order valence-corrected chi connectivity index (χ0v) is 16.7. The van der Waals surface area contributed by atoms with Crippen LogP contribution < -0.4 is 9.47 Å². The van der Waals surface area contributed by atoms with Crippen LogP contribution in [0.5, 0.6) is 17.2 Å². The van der Waals surface area contributed by atoms with E-state index in [2.05, 4.69) is 0 Å². The van der Waals surface area contributed by atoms with Gasteiger partial charge in [0, 0.05) is 18.9 Å². The number of esters is 2. The standard InChI is InChI=1S/C23H24O6/c1-14(2)7-8-16-11-17(9-10-21(16)28-15(3)24)23(26)29-18-12-19-20(25)5-4-6-22(19)27-13-18/h4-7,9-11,18,25H,8,12-13H2,1-3H3. The summed E-state index contributed by atoms with van der Waals surface area (Å²) in [6.07, 6.45) is 2.40. The number of ether oxygens (including phenoxy) is 3. The molecule has 1 aliphatic heterocycles. The van der Waals surface area contributed by atoms with Crippen LogP contribution in [0.25, 0.3) is 0 Å². The zero-order chi connectivity index (χ0) is 21.0. The highest BCUT2D eigenvalue weighted by molar-refractivity contribution is 5.90. The van der Waals surface area contributed by atoms with Crippen molar-refractivity contribution in [1.29, 1.82) is 0 Å². The Morgan fingerprint density at radius 2 is 2.00 bits per heavy atom. The first-order valence-electron chi connectivity index (χ1n) is 9.43. The molecular formula is C23H24O6. The minimum atomic E-state index is -0.502. The fraction of sp³-hybridized carbons (Fsp3) is 0.304. The molecule has 6 nitrogen and oxygen atoms in total. The fourth-order valence-electron chi connectivity index (χ4n) is 3.09. The molecule has 0 saturated carbocycles. The number of carbonyl (C=O) groups is 2. The SMILES string of the molecule is CC(=O)Oc1ccc(C(=O)OC2COc3cccc(O)c3C2)cc1CC=C(C)C. The van der Waals surface area contributed by atoms with Gasteiger partial charge in [-0.1, -0.05) is 17.7 Å². The lowest BCUT2D eigenvalue weighted by molar-refractivity contribution is -0.131. The number of fused-ring (bicyclic) bond motifs is 1. The van der Waals surface area contributed by atoms with E-state index >= 15 is 0 Å². The summed E-state index contributed by atoms with van der Waals surface area (Å²) in [5.41, 5.74) is 2.83. The molecule has 0 amide bonds. The predicted octanol–water partition coefficient (Wildman–Crippen LogP) is 3.99. The molecule has 0 aliphatic carbocycles. The van der Waals surface area contributed by atoms with Crippen molar-refractivity contribution in [2.24, 2.45) is 0 Å². The second-order valence-electron chi connectivity index (χ2n) is 7.20. The Morgan fingerprint density at radius 3 is 2.72 bits per heavy atom. The zero-order valence-electron chi connectivity index (χ0n) is 16.7. The van der Waals surface area contributed by atoms with Gasteiger partial charge in [0.15, 0.2) is 0 Å². The van der Waals surface area contributed by atoms with Crippen LogP contribution in [0.2, 0.25) is 0 Å². The van der Waals surface area contributed by atoms with E-state index in [-0.39, 0.29) is 12.4 Å². The van der Waals surface area contributed by atoms with E-state index in [0.717, 1.165) is 11.1 Å². The second kappa shape index (κ2) is 8.82. The van der Waals surface area contributed by atoms with Gasteiger partial charge in [-0.2, -0.15) is 0 Å². The van der Waals surface area contributed by atoms with Gasteiger partial charge in [-0.05, 0) is 56.2 Å². The lowest BCUT2D eigenvalue weighted by Crippen LogP contribution is -2.31. The van der Waals surface area contributed by atoms with Crippen LogP contribution in [0.4, 0.5) is 0 Å². The van der Waals surface area contributed by atoms with Gasteiger partial charge in [0.05, 0.1) is 5.56 Å². The van der Waals surface area contributed by atoms with Crippen molar-refractivity contribution in [1.82, 2.24) is 0 Å². The summed E-state index contributed by atoms with van der Waals surface area (Å²) in [5.74, 6) is 0.235. The van der Waals surface area contributed by atoms with Crippen LogP contribution >= 0.6 is 0 Å². The lowest BCUT2D eigenvalue weighted by Gasteiger charge is -2.25. The number of allylic oxidation sites excluding steroid dienone is 2. The molecule has 2 aromatic carbocycles. The third-order valence-corrected chi connectivity index (χ3v) is 4.52. The van der Waals surface area contributed by atoms with Gasteiger partial charge in [0.25, 0.3) is 0 Å². The van der Waals surface area contributed by atoms with Gasteiger partial charge in [0.2, 0.25) is 0 Å². The maximum absolute atomic E-state index is 12.7. The van der Waals surface area contributed by atoms with E-state index in [1.165, 1.54) is 6.92 Å². The van der Waals surface area contributed by atoms with Gasteiger partial charge in [-0.15, -0.1) is 0 Å². The molecule has 0 spiro atoms. The van der Waals surface area contributed by atoms with E-state index in [1.807, 2.05) is 19.9 Å². The molecule has 1 heterocycles. The summed E-state index contributed by atoms with van der Waals surface area (Å²) in [4.78, 5) is 24.0. The minimum absolute atomic E-state index is 0.123. The summed E-state index contributed by atoms with van der Waals surface area (Å²) in [5, 5.41) is 10.0. The molecule has 29 heavy (non-hydrogen) atoms. The molecule has 1 atom stereocenters. The van der Waals surface area contributed by atoms with E-state index < -0.39 is 18.0 Å². The summed E-state index contributed by atoms with van der Waals surface area (Å²) in [6.45, 7) is 5.50. The predicted molar refractivity (Wildman–Crippen MR) is 107 cm³/mol. The van der Waals surface area contributed by atoms with Gasteiger partial charge in [0.1, 0.15) is 30.0 Å². The molecule has 152 valence electrons. The van der Waals surface area contributed by atoms with Crippen molar-refractivity contribution in [3.63, 3.8) is 0 Å². The minimum Gasteiger partial charge on any atom is -0.508 e. The van der Waals surface area contributed by atoms with E-state index in [0.29, 0.717) is 35.5 Å². The Labute approximate surface area is 169 Å². The molecule has 1 aliphatic rings. The van der Waals surface area contributed by atoms with Crippen LogP contribution in [0.3, 0.4) is 0 Å². The Bertz CT molecular complexity index is 956. The molecule has 0 aromatic heterocycles. The number of benzene rings is 2. The lowest BCUT2D eigenvalue weighted by atomic mass is 10.0. The topological polar surface area (TPSA) is 82.1 Å². The molecule has 0 radical (unpaired) electrons. The van der Waals surface area contributed by atoms with Gasteiger partial charge < -0.3 is 19.3 Å². The number of carbonyl (C=O) groups excluding carboxylic acids is 2. The highest BCUT2D eigenvalue weighted by atomic mass is 16.6. The molecule has 1 N–H and O–H groups in total. The third kappa shape index (κ3) is 5.16.